The van der Waals surface area contributed by atoms with Crippen molar-refractivity contribution in [2.24, 2.45) is 0 Å². The number of morpholine rings is 1. The van der Waals surface area contributed by atoms with Gasteiger partial charge in [-0.1, -0.05) is 0 Å². The lowest BCUT2D eigenvalue weighted by Gasteiger charge is -2.31. The van der Waals surface area contributed by atoms with E-state index in [2.05, 4.69) is 15.5 Å². The van der Waals surface area contributed by atoms with Crippen molar-refractivity contribution in [1.82, 2.24) is 25.1 Å². The number of aryl methyl sites for hydroxylation is 1. The Morgan fingerprint density at radius 2 is 2.29 bits per heavy atom. The molecule has 7 heteroatoms. The first-order chi connectivity index (χ1) is 10.1. The van der Waals surface area contributed by atoms with Crippen molar-refractivity contribution in [1.29, 1.82) is 0 Å². The van der Waals surface area contributed by atoms with Gasteiger partial charge in [0.1, 0.15) is 6.33 Å². The molecule has 110 valence electrons. The van der Waals surface area contributed by atoms with Gasteiger partial charge in [0.05, 0.1) is 18.4 Å². The molecule has 0 N–H and O–H groups in total. The zero-order valence-electron chi connectivity index (χ0n) is 12.1. The lowest BCUT2D eigenvalue weighted by atomic mass is 10.1. The number of benzene rings is 1. The quantitative estimate of drug-likeness (QED) is 0.818. The molecule has 0 spiro atoms. The molecule has 1 aromatic carbocycles. The molecular formula is C14H17N5O2. The number of rotatable bonds is 2. The largest absolute Gasteiger partial charge is 0.375 e. The van der Waals surface area contributed by atoms with Gasteiger partial charge in [0.25, 0.3) is 5.91 Å². The number of ether oxygens (including phenoxy) is 1. The summed E-state index contributed by atoms with van der Waals surface area (Å²) in [5, 5.41) is 11.1. The molecule has 1 saturated heterocycles. The van der Waals surface area contributed by atoms with Crippen LogP contribution in [-0.4, -0.2) is 56.8 Å². The van der Waals surface area contributed by atoms with Gasteiger partial charge in [-0.3, -0.25) is 4.79 Å². The molecule has 1 amide bonds. The van der Waals surface area contributed by atoms with Crippen molar-refractivity contribution in [2.75, 3.05) is 19.7 Å². The number of carbonyl (C=O) groups is 1. The highest BCUT2D eigenvalue weighted by molar-refractivity contribution is 5.94. The van der Waals surface area contributed by atoms with Crippen LogP contribution in [0.15, 0.2) is 24.5 Å². The number of amides is 1. The van der Waals surface area contributed by atoms with Gasteiger partial charge in [0, 0.05) is 18.7 Å². The highest BCUT2D eigenvalue weighted by Crippen LogP contribution is 2.17. The molecule has 1 aliphatic rings. The number of hydrogen-bond acceptors (Lipinski definition) is 5. The molecule has 0 aliphatic carbocycles. The maximum absolute atomic E-state index is 12.5. The lowest BCUT2D eigenvalue weighted by Crippen LogP contribution is -2.44. The fourth-order valence-electron chi connectivity index (χ4n) is 2.50. The summed E-state index contributed by atoms with van der Waals surface area (Å²) in [5.41, 5.74) is 2.50. The first-order valence-corrected chi connectivity index (χ1v) is 6.90. The minimum Gasteiger partial charge on any atom is -0.375 e. The predicted octanol–water partition coefficient (Wildman–Crippen LogP) is 0.832. The number of hydrogen-bond donors (Lipinski definition) is 0. The molecule has 1 aromatic heterocycles. The van der Waals surface area contributed by atoms with E-state index in [-0.39, 0.29) is 12.0 Å². The van der Waals surface area contributed by atoms with Gasteiger partial charge in [-0.25, -0.2) is 4.68 Å². The topological polar surface area (TPSA) is 73.1 Å². The summed E-state index contributed by atoms with van der Waals surface area (Å²) in [6, 6.07) is 5.55. The molecule has 1 aliphatic heterocycles. The highest BCUT2D eigenvalue weighted by Gasteiger charge is 2.22. The summed E-state index contributed by atoms with van der Waals surface area (Å²) in [5.74, 6) is 0.0384. The average Bonchev–Trinajstić information content (AvgIpc) is 3.00. The minimum atomic E-state index is 0.0384. The van der Waals surface area contributed by atoms with E-state index < -0.39 is 0 Å². The predicted molar refractivity (Wildman–Crippen MR) is 75.2 cm³/mol. The Morgan fingerprint density at radius 1 is 1.43 bits per heavy atom. The van der Waals surface area contributed by atoms with Gasteiger partial charge < -0.3 is 9.64 Å². The Balaban J connectivity index is 1.83. The van der Waals surface area contributed by atoms with Crippen LogP contribution in [0.5, 0.6) is 0 Å². The molecule has 3 rings (SSSR count). The molecule has 1 atom stereocenters. The second-order valence-electron chi connectivity index (χ2n) is 5.19. The second-order valence-corrected chi connectivity index (χ2v) is 5.19. The molecule has 21 heavy (non-hydrogen) atoms. The zero-order chi connectivity index (χ0) is 14.8. The minimum absolute atomic E-state index is 0.0384. The van der Waals surface area contributed by atoms with Gasteiger partial charge >= 0.3 is 0 Å². The standard InChI is InChI=1S/C14H17N5O2/c1-10-7-12(3-4-13(10)19-9-15-16-17-19)14(20)18-5-6-21-11(2)8-18/h3-4,7,9,11H,5-6,8H2,1-2H3/t11-/m0/s1. The smallest absolute Gasteiger partial charge is 0.254 e. The molecule has 2 aromatic rings. The van der Waals surface area contributed by atoms with E-state index in [0.29, 0.717) is 25.3 Å². The van der Waals surface area contributed by atoms with Gasteiger partial charge in [0.2, 0.25) is 0 Å². The molecular weight excluding hydrogens is 270 g/mol. The van der Waals surface area contributed by atoms with Crippen molar-refractivity contribution in [3.05, 3.63) is 35.7 Å². The molecule has 2 heterocycles. The second kappa shape index (κ2) is 5.61. The van der Waals surface area contributed by atoms with Crippen LogP contribution in [-0.2, 0) is 4.74 Å². The van der Waals surface area contributed by atoms with Gasteiger partial charge in [0.15, 0.2) is 0 Å². The van der Waals surface area contributed by atoms with Crippen molar-refractivity contribution in [3.63, 3.8) is 0 Å². The lowest BCUT2D eigenvalue weighted by molar-refractivity contribution is -0.0124. The van der Waals surface area contributed by atoms with Crippen molar-refractivity contribution in [3.8, 4) is 5.69 Å². The van der Waals surface area contributed by atoms with Crippen LogP contribution in [0.2, 0.25) is 0 Å². The third-order valence-corrected chi connectivity index (χ3v) is 3.57. The first kappa shape index (κ1) is 13.7. The number of aromatic nitrogens is 4. The van der Waals surface area contributed by atoms with E-state index in [9.17, 15) is 4.79 Å². The Labute approximate surface area is 122 Å². The van der Waals surface area contributed by atoms with Crippen molar-refractivity contribution < 1.29 is 9.53 Å². The van der Waals surface area contributed by atoms with Crippen LogP contribution >= 0.6 is 0 Å². The zero-order valence-corrected chi connectivity index (χ0v) is 12.1. The van der Waals surface area contributed by atoms with Crippen LogP contribution in [0.1, 0.15) is 22.8 Å². The van der Waals surface area contributed by atoms with Crippen LogP contribution in [0.3, 0.4) is 0 Å². The van der Waals surface area contributed by atoms with Crippen LogP contribution in [0, 0.1) is 6.92 Å². The van der Waals surface area contributed by atoms with Crippen molar-refractivity contribution >= 4 is 5.91 Å². The molecule has 1 fully saturated rings. The van der Waals surface area contributed by atoms with Crippen LogP contribution in [0.25, 0.3) is 5.69 Å². The summed E-state index contributed by atoms with van der Waals surface area (Å²) in [6.45, 7) is 5.78. The van der Waals surface area contributed by atoms with Gasteiger partial charge in [-0.05, 0) is 48.0 Å². The van der Waals surface area contributed by atoms with E-state index >= 15 is 0 Å². The fraction of sp³-hybridized carbons (Fsp3) is 0.429. The summed E-state index contributed by atoms with van der Waals surface area (Å²) < 4.78 is 7.05. The molecule has 0 unspecified atom stereocenters. The van der Waals surface area contributed by atoms with E-state index in [1.54, 1.807) is 4.68 Å². The Bertz CT molecular complexity index is 641. The van der Waals surface area contributed by atoms with Gasteiger partial charge in [-0.2, -0.15) is 0 Å². The van der Waals surface area contributed by atoms with E-state index in [4.69, 9.17) is 4.74 Å². The average molecular weight is 287 g/mol. The maximum Gasteiger partial charge on any atom is 0.254 e. The molecule has 0 radical (unpaired) electrons. The highest BCUT2D eigenvalue weighted by atomic mass is 16.5. The number of carbonyl (C=O) groups excluding carboxylic acids is 1. The van der Waals surface area contributed by atoms with E-state index in [1.165, 1.54) is 6.33 Å². The summed E-state index contributed by atoms with van der Waals surface area (Å²) in [6.07, 6.45) is 1.62. The Kier molecular flexibility index (Phi) is 3.66. The fourth-order valence-corrected chi connectivity index (χ4v) is 2.50. The summed E-state index contributed by atoms with van der Waals surface area (Å²) in [4.78, 5) is 14.4. The summed E-state index contributed by atoms with van der Waals surface area (Å²) >= 11 is 0. The third-order valence-electron chi connectivity index (χ3n) is 3.57. The number of tetrazole rings is 1. The van der Waals surface area contributed by atoms with Crippen LogP contribution < -0.4 is 0 Å². The number of nitrogens with zero attached hydrogens (tertiary/aromatic N) is 5. The molecule has 0 saturated carbocycles. The Morgan fingerprint density at radius 3 is 2.95 bits per heavy atom. The van der Waals surface area contributed by atoms with Gasteiger partial charge in [-0.15, -0.1) is 5.10 Å². The molecule has 0 bridgehead atoms. The first-order valence-electron chi connectivity index (χ1n) is 6.90. The molecule has 7 nitrogen and oxygen atoms in total. The normalized spacial score (nSPS) is 18.8. The maximum atomic E-state index is 12.5. The van der Waals surface area contributed by atoms with E-state index in [1.807, 2.05) is 36.9 Å². The third kappa shape index (κ3) is 2.78. The van der Waals surface area contributed by atoms with E-state index in [0.717, 1.165) is 11.3 Å². The summed E-state index contributed by atoms with van der Waals surface area (Å²) in [7, 11) is 0. The Hall–Kier alpha value is -2.28. The monoisotopic (exact) mass is 287 g/mol. The van der Waals surface area contributed by atoms with Crippen molar-refractivity contribution in [2.45, 2.75) is 20.0 Å². The van der Waals surface area contributed by atoms with Crippen LogP contribution in [0.4, 0.5) is 0 Å². The SMILES string of the molecule is Cc1cc(C(=O)N2CCO[C@@H](C)C2)ccc1-n1cnnn1.